The third-order valence-corrected chi connectivity index (χ3v) is 5.62. The van der Waals surface area contributed by atoms with Gasteiger partial charge in [-0.05, 0) is 43.0 Å². The summed E-state index contributed by atoms with van der Waals surface area (Å²) in [5.74, 6) is -1.00. The lowest BCUT2D eigenvalue weighted by Crippen LogP contribution is -2.31. The highest BCUT2D eigenvalue weighted by atomic mass is 32.2. The van der Waals surface area contributed by atoms with Gasteiger partial charge < -0.3 is 10.2 Å². The Morgan fingerprint density at radius 1 is 1.24 bits per heavy atom. The number of likely N-dealkylation sites (N-methyl/N-ethyl adjacent to an activating group) is 1. The molecule has 0 saturated carbocycles. The SMILES string of the molecule is Cc1cc(C)c(S(=O)(=O)N(C)CCO)c(C)c1CC(=O)O. The number of hydrogen-bond acceptors (Lipinski definition) is 4. The van der Waals surface area contributed by atoms with Crippen molar-refractivity contribution in [1.29, 1.82) is 0 Å². The van der Waals surface area contributed by atoms with E-state index in [4.69, 9.17) is 10.2 Å². The molecule has 0 unspecified atom stereocenters. The molecule has 6 nitrogen and oxygen atoms in total. The second-order valence-corrected chi connectivity index (χ2v) is 7.05. The highest BCUT2D eigenvalue weighted by Gasteiger charge is 2.27. The zero-order valence-electron chi connectivity index (χ0n) is 12.7. The lowest BCUT2D eigenvalue weighted by molar-refractivity contribution is -0.136. The van der Waals surface area contributed by atoms with Crippen molar-refractivity contribution < 1.29 is 23.4 Å². The van der Waals surface area contributed by atoms with E-state index in [1.54, 1.807) is 26.8 Å². The Labute approximate surface area is 125 Å². The summed E-state index contributed by atoms with van der Waals surface area (Å²) in [5.41, 5.74) is 2.31. The molecule has 7 heteroatoms. The summed E-state index contributed by atoms with van der Waals surface area (Å²) in [6.07, 6.45) is -0.218. The van der Waals surface area contributed by atoms with Gasteiger partial charge in [-0.1, -0.05) is 6.07 Å². The molecular formula is C14H21NO5S. The molecule has 0 aliphatic carbocycles. The number of hydrogen-bond donors (Lipinski definition) is 2. The molecule has 0 heterocycles. The van der Waals surface area contributed by atoms with Gasteiger partial charge in [0.05, 0.1) is 17.9 Å². The molecule has 0 radical (unpaired) electrons. The van der Waals surface area contributed by atoms with Gasteiger partial charge >= 0.3 is 5.97 Å². The standard InChI is InChI=1S/C14H21NO5S/c1-9-7-10(2)14(11(3)12(9)8-13(17)18)21(19,20)15(4)5-6-16/h7,16H,5-6,8H2,1-4H3,(H,17,18). The molecule has 0 spiro atoms. The normalized spacial score (nSPS) is 11.9. The van der Waals surface area contributed by atoms with E-state index in [1.807, 2.05) is 0 Å². The van der Waals surface area contributed by atoms with Crippen LogP contribution in [0.4, 0.5) is 0 Å². The minimum atomic E-state index is -3.76. The highest BCUT2D eigenvalue weighted by Crippen LogP contribution is 2.28. The Balaban J connectivity index is 3.53. The zero-order valence-corrected chi connectivity index (χ0v) is 13.5. The highest BCUT2D eigenvalue weighted by molar-refractivity contribution is 7.89. The van der Waals surface area contributed by atoms with E-state index in [-0.39, 0.29) is 24.5 Å². The van der Waals surface area contributed by atoms with Crippen LogP contribution in [0.15, 0.2) is 11.0 Å². The predicted molar refractivity (Wildman–Crippen MR) is 78.9 cm³/mol. The summed E-state index contributed by atoms with van der Waals surface area (Å²) in [7, 11) is -2.37. The molecule has 1 aromatic rings. The van der Waals surface area contributed by atoms with Crippen molar-refractivity contribution in [2.24, 2.45) is 0 Å². The predicted octanol–water partition coefficient (Wildman–Crippen LogP) is 0.852. The van der Waals surface area contributed by atoms with Crippen molar-refractivity contribution >= 4 is 16.0 Å². The zero-order chi connectivity index (χ0) is 16.4. The summed E-state index contributed by atoms with van der Waals surface area (Å²) in [4.78, 5) is 11.1. The van der Waals surface area contributed by atoms with Gasteiger partial charge in [0.2, 0.25) is 10.0 Å². The van der Waals surface area contributed by atoms with Crippen LogP contribution in [0.1, 0.15) is 22.3 Å². The van der Waals surface area contributed by atoms with Crippen molar-refractivity contribution in [3.63, 3.8) is 0 Å². The molecule has 21 heavy (non-hydrogen) atoms. The van der Waals surface area contributed by atoms with Gasteiger partial charge in [-0.25, -0.2) is 8.42 Å². The molecule has 0 atom stereocenters. The Hall–Kier alpha value is -1.44. The molecule has 1 aromatic carbocycles. The Kier molecular flexibility index (Phi) is 5.49. The molecule has 0 saturated heterocycles. The van der Waals surface area contributed by atoms with E-state index in [0.717, 1.165) is 9.87 Å². The van der Waals surface area contributed by atoms with E-state index in [2.05, 4.69) is 0 Å². The van der Waals surface area contributed by atoms with Crippen molar-refractivity contribution in [3.8, 4) is 0 Å². The van der Waals surface area contributed by atoms with Crippen LogP contribution in [0.25, 0.3) is 0 Å². The van der Waals surface area contributed by atoms with Gasteiger partial charge in [-0.2, -0.15) is 4.31 Å². The Morgan fingerprint density at radius 3 is 2.29 bits per heavy atom. The van der Waals surface area contributed by atoms with E-state index < -0.39 is 16.0 Å². The third-order valence-electron chi connectivity index (χ3n) is 3.47. The van der Waals surface area contributed by atoms with Gasteiger partial charge in [0.15, 0.2) is 0 Å². The van der Waals surface area contributed by atoms with E-state index in [9.17, 15) is 13.2 Å². The van der Waals surface area contributed by atoms with Gasteiger partial charge in [0, 0.05) is 13.6 Å². The van der Waals surface area contributed by atoms with Crippen LogP contribution >= 0.6 is 0 Å². The number of aliphatic hydroxyl groups is 1. The Morgan fingerprint density at radius 2 is 1.81 bits per heavy atom. The van der Waals surface area contributed by atoms with Crippen LogP contribution in [0.5, 0.6) is 0 Å². The van der Waals surface area contributed by atoms with Crippen molar-refractivity contribution in [2.45, 2.75) is 32.1 Å². The quantitative estimate of drug-likeness (QED) is 0.811. The first-order valence-corrected chi connectivity index (χ1v) is 7.95. The molecule has 1 rings (SSSR count). The average Bonchev–Trinajstić information content (AvgIpc) is 2.33. The summed E-state index contributed by atoms with van der Waals surface area (Å²) >= 11 is 0. The number of aliphatic carboxylic acids is 1. The number of carboxylic acids is 1. The van der Waals surface area contributed by atoms with E-state index in [0.29, 0.717) is 16.7 Å². The summed E-state index contributed by atoms with van der Waals surface area (Å²) in [6.45, 7) is 4.79. The van der Waals surface area contributed by atoms with Gasteiger partial charge in [0.1, 0.15) is 0 Å². The molecule has 0 fully saturated rings. The van der Waals surface area contributed by atoms with Crippen LogP contribution < -0.4 is 0 Å². The minimum absolute atomic E-state index is 0.0106. The molecule has 0 bridgehead atoms. The number of nitrogens with zero attached hydrogens (tertiary/aromatic N) is 1. The second kappa shape index (κ2) is 6.55. The smallest absolute Gasteiger partial charge is 0.307 e. The first kappa shape index (κ1) is 17.6. The maximum absolute atomic E-state index is 12.6. The molecule has 0 aliphatic heterocycles. The number of carboxylic acid groups (broad SMARTS) is 1. The lowest BCUT2D eigenvalue weighted by Gasteiger charge is -2.21. The van der Waals surface area contributed by atoms with Crippen LogP contribution in [-0.4, -0.2) is 49.1 Å². The molecular weight excluding hydrogens is 294 g/mol. The average molecular weight is 315 g/mol. The maximum atomic E-state index is 12.6. The molecule has 0 amide bonds. The fourth-order valence-electron chi connectivity index (χ4n) is 2.44. The number of aryl methyl sites for hydroxylation is 2. The van der Waals surface area contributed by atoms with E-state index in [1.165, 1.54) is 7.05 Å². The molecule has 118 valence electrons. The second-order valence-electron chi connectivity index (χ2n) is 5.06. The van der Waals surface area contributed by atoms with Gasteiger partial charge in [0.25, 0.3) is 0 Å². The number of aliphatic hydroxyl groups excluding tert-OH is 1. The van der Waals surface area contributed by atoms with Crippen molar-refractivity contribution in [1.82, 2.24) is 4.31 Å². The fraction of sp³-hybridized carbons (Fsp3) is 0.500. The van der Waals surface area contributed by atoms with Crippen LogP contribution in [0.2, 0.25) is 0 Å². The van der Waals surface area contributed by atoms with Gasteiger partial charge in [-0.15, -0.1) is 0 Å². The summed E-state index contributed by atoms with van der Waals surface area (Å²) in [5, 5.41) is 17.9. The summed E-state index contributed by atoms with van der Waals surface area (Å²) in [6, 6.07) is 1.69. The maximum Gasteiger partial charge on any atom is 0.307 e. The third kappa shape index (κ3) is 3.61. The topological polar surface area (TPSA) is 94.9 Å². The van der Waals surface area contributed by atoms with Crippen LogP contribution in [-0.2, 0) is 21.2 Å². The Bertz CT molecular complexity index is 652. The first-order chi connectivity index (χ1) is 9.62. The van der Waals surface area contributed by atoms with Gasteiger partial charge in [-0.3, -0.25) is 4.79 Å². The number of carbonyl (C=O) groups is 1. The molecule has 0 aromatic heterocycles. The number of benzene rings is 1. The summed E-state index contributed by atoms with van der Waals surface area (Å²) < 4.78 is 26.2. The van der Waals surface area contributed by atoms with Crippen LogP contribution in [0, 0.1) is 20.8 Å². The number of sulfonamides is 1. The van der Waals surface area contributed by atoms with Crippen LogP contribution in [0.3, 0.4) is 0 Å². The van der Waals surface area contributed by atoms with E-state index >= 15 is 0 Å². The number of rotatable bonds is 6. The minimum Gasteiger partial charge on any atom is -0.481 e. The van der Waals surface area contributed by atoms with Crippen molar-refractivity contribution in [2.75, 3.05) is 20.2 Å². The monoisotopic (exact) mass is 315 g/mol. The lowest BCUT2D eigenvalue weighted by atomic mass is 9.97. The fourth-order valence-corrected chi connectivity index (χ4v) is 4.05. The molecule has 0 aliphatic rings. The first-order valence-electron chi connectivity index (χ1n) is 6.51. The molecule has 2 N–H and O–H groups in total. The van der Waals surface area contributed by atoms with Crippen molar-refractivity contribution in [3.05, 3.63) is 28.3 Å². The largest absolute Gasteiger partial charge is 0.481 e.